The first kappa shape index (κ1) is 16.7. The smallest absolute Gasteiger partial charge is 0.145 e. The third-order valence-electron chi connectivity index (χ3n) is 4.39. The van der Waals surface area contributed by atoms with Crippen LogP contribution in [0.2, 0.25) is 0 Å². The molecule has 0 unspecified atom stereocenters. The van der Waals surface area contributed by atoms with Crippen molar-refractivity contribution in [3.63, 3.8) is 0 Å². The molecule has 0 amide bonds. The number of rotatable bonds is 6. The van der Waals surface area contributed by atoms with Crippen LogP contribution in [-0.4, -0.2) is 56.3 Å². The van der Waals surface area contributed by atoms with Crippen LogP contribution < -0.4 is 15.4 Å². The number of anilines is 1. The summed E-state index contributed by atoms with van der Waals surface area (Å²) >= 11 is 0. The first-order valence-electron chi connectivity index (χ1n) is 8.77. The average Bonchev–Trinajstić information content (AvgIpc) is 3.31. The predicted octanol–water partition coefficient (Wildman–Crippen LogP) is 1.32. The molecule has 8 heteroatoms. The molecule has 1 fully saturated rings. The van der Waals surface area contributed by atoms with Gasteiger partial charge in [0.25, 0.3) is 0 Å². The van der Waals surface area contributed by atoms with Gasteiger partial charge in [-0.25, -0.2) is 9.97 Å². The molecule has 8 nitrogen and oxygen atoms in total. The van der Waals surface area contributed by atoms with Gasteiger partial charge in [-0.2, -0.15) is 0 Å². The summed E-state index contributed by atoms with van der Waals surface area (Å²) in [6, 6.07) is 4.08. The molecule has 4 heterocycles. The highest BCUT2D eigenvalue weighted by Gasteiger charge is 2.15. The number of aliphatic hydroxyl groups excluding tert-OH is 1. The molecule has 2 atom stereocenters. The largest absolute Gasteiger partial charge is 0.488 e. The lowest BCUT2D eigenvalue weighted by molar-refractivity contribution is 0.130. The molecule has 3 aromatic rings. The number of hydrogen-bond acceptors (Lipinski definition) is 7. The van der Waals surface area contributed by atoms with Gasteiger partial charge in [0.1, 0.15) is 29.0 Å². The van der Waals surface area contributed by atoms with Crippen molar-refractivity contribution in [3.8, 4) is 17.1 Å². The molecule has 4 rings (SSSR count). The van der Waals surface area contributed by atoms with E-state index < -0.39 is 0 Å². The van der Waals surface area contributed by atoms with Crippen LogP contribution in [0.1, 0.15) is 13.3 Å². The number of ether oxygens (including phenoxy) is 1. The van der Waals surface area contributed by atoms with Gasteiger partial charge in [-0.3, -0.25) is 9.38 Å². The molecular formula is C18H22N6O2. The Bertz CT molecular complexity index is 890. The van der Waals surface area contributed by atoms with Crippen LogP contribution in [0.15, 0.2) is 36.9 Å². The number of aliphatic hydroxyl groups is 1. The summed E-state index contributed by atoms with van der Waals surface area (Å²) in [4.78, 5) is 13.4. The van der Waals surface area contributed by atoms with Crippen LogP contribution in [-0.2, 0) is 0 Å². The number of hydrogen-bond donors (Lipinski definition) is 3. The molecule has 0 aliphatic carbocycles. The summed E-state index contributed by atoms with van der Waals surface area (Å²) in [6.45, 7) is 3.75. The minimum Gasteiger partial charge on any atom is -0.488 e. The second-order valence-corrected chi connectivity index (χ2v) is 6.47. The Morgan fingerprint density at radius 1 is 1.42 bits per heavy atom. The van der Waals surface area contributed by atoms with Crippen LogP contribution in [0.25, 0.3) is 17.0 Å². The minimum absolute atomic E-state index is 0.0310. The Morgan fingerprint density at radius 3 is 3.15 bits per heavy atom. The van der Waals surface area contributed by atoms with Crippen molar-refractivity contribution >= 4 is 11.5 Å². The second-order valence-electron chi connectivity index (χ2n) is 6.47. The number of pyridine rings is 1. The molecule has 1 aliphatic rings. The molecule has 1 aliphatic heterocycles. The van der Waals surface area contributed by atoms with E-state index in [0.29, 0.717) is 11.8 Å². The predicted molar refractivity (Wildman–Crippen MR) is 98.3 cm³/mol. The highest BCUT2D eigenvalue weighted by molar-refractivity contribution is 5.61. The van der Waals surface area contributed by atoms with Gasteiger partial charge in [-0.15, -0.1) is 0 Å². The zero-order valence-electron chi connectivity index (χ0n) is 14.6. The van der Waals surface area contributed by atoms with E-state index in [2.05, 4.69) is 25.6 Å². The van der Waals surface area contributed by atoms with Crippen LogP contribution in [0.4, 0.5) is 5.82 Å². The molecule has 0 radical (unpaired) electrons. The van der Waals surface area contributed by atoms with Gasteiger partial charge >= 0.3 is 0 Å². The Balaban J connectivity index is 1.60. The van der Waals surface area contributed by atoms with E-state index >= 15 is 0 Å². The van der Waals surface area contributed by atoms with Crippen molar-refractivity contribution in [1.82, 2.24) is 24.7 Å². The van der Waals surface area contributed by atoms with Crippen molar-refractivity contribution < 1.29 is 9.84 Å². The molecular weight excluding hydrogens is 332 g/mol. The maximum absolute atomic E-state index is 9.12. The minimum atomic E-state index is -0.259. The molecule has 0 bridgehead atoms. The van der Waals surface area contributed by atoms with Crippen LogP contribution in [0.3, 0.4) is 0 Å². The number of fused-ring (bicyclic) bond motifs is 1. The maximum atomic E-state index is 9.12. The highest BCUT2D eigenvalue weighted by Crippen LogP contribution is 2.23. The Hall–Kier alpha value is -2.71. The molecule has 26 heavy (non-hydrogen) atoms. The lowest BCUT2D eigenvalue weighted by Crippen LogP contribution is -2.22. The first-order chi connectivity index (χ1) is 12.7. The topological polar surface area (TPSA) is 96.6 Å². The van der Waals surface area contributed by atoms with Crippen molar-refractivity contribution in [2.75, 3.05) is 25.0 Å². The fourth-order valence-electron chi connectivity index (χ4n) is 3.04. The number of nitrogens with zero attached hydrogens (tertiary/aromatic N) is 4. The Labute approximate surface area is 151 Å². The summed E-state index contributed by atoms with van der Waals surface area (Å²) in [5, 5.41) is 15.9. The van der Waals surface area contributed by atoms with Crippen molar-refractivity contribution in [3.05, 3.63) is 36.9 Å². The normalized spacial score (nSPS) is 18.2. The first-order valence-corrected chi connectivity index (χ1v) is 8.77. The van der Waals surface area contributed by atoms with Gasteiger partial charge in [0, 0.05) is 24.8 Å². The lowest BCUT2D eigenvalue weighted by Gasteiger charge is -2.13. The number of nitrogens with one attached hydrogen (secondary N) is 2. The molecule has 3 N–H and O–H groups in total. The Kier molecular flexibility index (Phi) is 4.68. The average molecular weight is 354 g/mol. The van der Waals surface area contributed by atoms with E-state index in [1.165, 1.54) is 0 Å². The van der Waals surface area contributed by atoms with Gasteiger partial charge in [0.2, 0.25) is 0 Å². The van der Waals surface area contributed by atoms with Gasteiger partial charge < -0.3 is 20.5 Å². The third kappa shape index (κ3) is 3.47. The van der Waals surface area contributed by atoms with Crippen molar-refractivity contribution in [2.45, 2.75) is 25.5 Å². The van der Waals surface area contributed by atoms with Crippen molar-refractivity contribution in [2.24, 2.45) is 0 Å². The van der Waals surface area contributed by atoms with Crippen LogP contribution >= 0.6 is 0 Å². The maximum Gasteiger partial charge on any atom is 0.145 e. The van der Waals surface area contributed by atoms with Gasteiger partial charge in [-0.1, -0.05) is 0 Å². The number of aromatic nitrogens is 4. The van der Waals surface area contributed by atoms with Crippen molar-refractivity contribution in [1.29, 1.82) is 0 Å². The standard InChI is InChI=1S/C18H22N6O2/c1-12(11-25)26-14-3-5-24-16(9-21-18(24)6-14)15-8-20-10-17(23-15)22-13-2-4-19-7-13/h3,5-6,8-10,12-13,19,25H,2,4,7,11H2,1H3,(H,22,23)/t12-,13-/m1/s1. The van der Waals surface area contributed by atoms with E-state index in [1.54, 1.807) is 18.6 Å². The van der Waals surface area contributed by atoms with E-state index in [1.807, 2.05) is 29.7 Å². The molecule has 3 aromatic heterocycles. The van der Waals surface area contributed by atoms with E-state index in [9.17, 15) is 0 Å². The molecule has 0 spiro atoms. The monoisotopic (exact) mass is 354 g/mol. The van der Waals surface area contributed by atoms with Crippen LogP contribution in [0.5, 0.6) is 5.75 Å². The highest BCUT2D eigenvalue weighted by atomic mass is 16.5. The summed E-state index contributed by atoms with van der Waals surface area (Å²) in [6.07, 6.45) is 7.97. The SMILES string of the molecule is C[C@H](CO)Oc1ccn2c(-c3cncc(N[C@@H]4CCNC4)n3)cnc2c1. The van der Waals surface area contributed by atoms with E-state index in [4.69, 9.17) is 9.84 Å². The third-order valence-corrected chi connectivity index (χ3v) is 4.39. The Morgan fingerprint density at radius 2 is 2.35 bits per heavy atom. The molecule has 0 aromatic carbocycles. The fraction of sp³-hybridized carbons (Fsp3) is 0.389. The quantitative estimate of drug-likeness (QED) is 0.614. The summed E-state index contributed by atoms with van der Waals surface area (Å²) in [5.74, 6) is 1.44. The van der Waals surface area contributed by atoms with Gasteiger partial charge in [-0.05, 0) is 26.0 Å². The summed E-state index contributed by atoms with van der Waals surface area (Å²) in [7, 11) is 0. The van der Waals surface area contributed by atoms with Gasteiger partial charge in [0.05, 0.1) is 30.9 Å². The molecule has 0 saturated carbocycles. The fourth-order valence-corrected chi connectivity index (χ4v) is 3.04. The zero-order valence-corrected chi connectivity index (χ0v) is 14.6. The summed E-state index contributed by atoms with van der Waals surface area (Å²) in [5.41, 5.74) is 2.37. The van der Waals surface area contributed by atoms with Crippen LogP contribution in [0, 0.1) is 0 Å². The number of imidazole rings is 1. The lowest BCUT2D eigenvalue weighted by atomic mass is 10.2. The van der Waals surface area contributed by atoms with Gasteiger partial charge in [0.15, 0.2) is 0 Å². The van der Waals surface area contributed by atoms with E-state index in [-0.39, 0.29) is 12.7 Å². The molecule has 136 valence electrons. The molecule has 1 saturated heterocycles. The second kappa shape index (κ2) is 7.27. The summed E-state index contributed by atoms with van der Waals surface area (Å²) < 4.78 is 7.58. The van der Waals surface area contributed by atoms with E-state index in [0.717, 1.165) is 42.4 Å². The zero-order chi connectivity index (χ0) is 17.9.